The summed E-state index contributed by atoms with van der Waals surface area (Å²) in [5, 5.41) is 0. The number of nitrogens with zero attached hydrogens (tertiary/aromatic N) is 2. The van der Waals surface area contributed by atoms with Crippen molar-refractivity contribution >= 4 is 11.5 Å². The zero-order chi connectivity index (χ0) is 16.4. The molecule has 1 atom stereocenters. The van der Waals surface area contributed by atoms with Crippen LogP contribution in [0.15, 0.2) is 79.0 Å². The molecule has 0 spiro atoms. The zero-order valence-corrected chi connectivity index (χ0v) is 13.0. The van der Waals surface area contributed by atoms with Gasteiger partial charge in [0.2, 0.25) is 0 Å². The van der Waals surface area contributed by atoms with E-state index < -0.39 is 0 Å². The van der Waals surface area contributed by atoms with Gasteiger partial charge in [0.15, 0.2) is 11.8 Å². The van der Waals surface area contributed by atoms with Gasteiger partial charge in [-0.25, -0.2) is 0 Å². The van der Waals surface area contributed by atoms with Crippen LogP contribution in [0.1, 0.15) is 17.2 Å². The summed E-state index contributed by atoms with van der Waals surface area (Å²) in [6.07, 6.45) is 7.24. The van der Waals surface area contributed by atoms with Crippen molar-refractivity contribution in [2.24, 2.45) is 0 Å². The van der Waals surface area contributed by atoms with E-state index in [-0.39, 0.29) is 6.10 Å². The highest BCUT2D eigenvalue weighted by Gasteiger charge is 2.40. The number of benzene rings is 2. The second-order valence-corrected chi connectivity index (χ2v) is 5.44. The van der Waals surface area contributed by atoms with Crippen LogP contribution in [0.5, 0.6) is 5.75 Å². The number of para-hydroxylation sites is 1. The molecule has 0 radical (unpaired) electrons. The lowest BCUT2D eigenvalue weighted by Crippen LogP contribution is -2.20. The van der Waals surface area contributed by atoms with Crippen LogP contribution in [0.25, 0.3) is 0 Å². The average molecular weight is 311 g/mol. The lowest BCUT2D eigenvalue weighted by molar-refractivity contribution is -0.337. The van der Waals surface area contributed by atoms with Crippen molar-refractivity contribution in [3.8, 4) is 18.2 Å². The standard InChI is InChI=1S/C21H15N2O/c1-2-23-19(16-10-5-3-6-11-16)20(18-14-9-15-22-21(18)23)24-17-12-7-4-8-13-17/h1,3-15,20H/q+1. The Morgan fingerprint density at radius 1 is 0.917 bits per heavy atom. The molecule has 0 saturated carbocycles. The largest absolute Gasteiger partial charge is 0.477 e. The molecule has 1 unspecified atom stereocenters. The monoisotopic (exact) mass is 311 g/mol. The minimum absolute atomic E-state index is 0.297. The van der Waals surface area contributed by atoms with Crippen LogP contribution in [0.4, 0.5) is 5.82 Å². The predicted octanol–water partition coefficient (Wildman–Crippen LogP) is 3.94. The first-order chi connectivity index (χ1) is 11.9. The molecule has 1 aromatic heterocycles. The molecule has 3 nitrogen and oxygen atoms in total. The zero-order valence-electron chi connectivity index (χ0n) is 13.0. The molecule has 114 valence electrons. The molecule has 2 heterocycles. The maximum absolute atomic E-state index is 6.29. The smallest absolute Gasteiger partial charge is 0.343 e. The summed E-state index contributed by atoms with van der Waals surface area (Å²) in [4.78, 5) is 4.46. The number of rotatable bonds is 3. The number of terminal acetylenes is 1. The molecule has 0 aliphatic carbocycles. The summed E-state index contributed by atoms with van der Waals surface area (Å²) >= 11 is 0. The Labute approximate surface area is 140 Å². The van der Waals surface area contributed by atoms with Gasteiger partial charge < -0.3 is 4.74 Å². The van der Waals surface area contributed by atoms with Crippen LogP contribution < -0.4 is 4.74 Å². The van der Waals surface area contributed by atoms with Gasteiger partial charge >= 0.3 is 5.82 Å². The molecule has 0 amide bonds. The normalized spacial score (nSPS) is 15.7. The molecule has 3 heteroatoms. The van der Waals surface area contributed by atoms with Crippen LogP contribution in [-0.2, 0) is 0 Å². The molecule has 1 aliphatic rings. The summed E-state index contributed by atoms with van der Waals surface area (Å²) in [5.74, 6) is 1.55. The van der Waals surface area contributed by atoms with E-state index in [0.29, 0.717) is 0 Å². The van der Waals surface area contributed by atoms with Gasteiger partial charge in [-0.2, -0.15) is 0 Å². The highest BCUT2D eigenvalue weighted by atomic mass is 16.5. The Kier molecular flexibility index (Phi) is 3.57. The molecule has 3 aromatic rings. The first kappa shape index (κ1) is 14.2. The van der Waals surface area contributed by atoms with Crippen molar-refractivity contribution in [3.05, 3.63) is 90.1 Å². The Bertz CT molecular complexity index is 940. The topological polar surface area (TPSA) is 25.1 Å². The number of hydrogen-bond donors (Lipinski definition) is 0. The second kappa shape index (κ2) is 6.02. The fraction of sp³-hybridized carbons (Fsp3) is 0.0476. The quantitative estimate of drug-likeness (QED) is 0.541. The van der Waals surface area contributed by atoms with Crippen LogP contribution in [0, 0.1) is 12.5 Å². The lowest BCUT2D eigenvalue weighted by Gasteiger charge is -2.15. The Hall–Kier alpha value is -3.38. The van der Waals surface area contributed by atoms with Gasteiger partial charge in [-0.05, 0) is 29.2 Å². The first-order valence-corrected chi connectivity index (χ1v) is 7.74. The number of ether oxygens (including phenoxy) is 1. The third kappa shape index (κ3) is 2.35. The van der Waals surface area contributed by atoms with E-state index in [4.69, 9.17) is 11.2 Å². The van der Waals surface area contributed by atoms with Gasteiger partial charge in [0, 0.05) is 5.56 Å². The number of hydrogen-bond acceptors (Lipinski definition) is 2. The summed E-state index contributed by atoms with van der Waals surface area (Å²) in [6, 6.07) is 26.4. The molecular weight excluding hydrogens is 296 g/mol. The Morgan fingerprint density at radius 2 is 1.62 bits per heavy atom. The van der Waals surface area contributed by atoms with Gasteiger partial charge in [0.1, 0.15) is 18.0 Å². The molecule has 0 fully saturated rings. The number of fused-ring (bicyclic) bond motifs is 1. The second-order valence-electron chi connectivity index (χ2n) is 5.44. The molecular formula is C21H15N2O+. The minimum Gasteiger partial charge on any atom is -0.477 e. The summed E-state index contributed by atoms with van der Waals surface area (Å²) in [7, 11) is 0. The van der Waals surface area contributed by atoms with Crippen LogP contribution in [-0.4, -0.2) is 15.3 Å². The fourth-order valence-electron chi connectivity index (χ4n) is 2.95. The van der Waals surface area contributed by atoms with Crippen LogP contribution in [0.2, 0.25) is 0 Å². The van der Waals surface area contributed by atoms with E-state index in [1.54, 1.807) is 10.8 Å². The van der Waals surface area contributed by atoms with E-state index in [2.05, 4.69) is 11.0 Å². The molecule has 0 N–H and O–H groups in total. The van der Waals surface area contributed by atoms with Gasteiger partial charge in [0.25, 0.3) is 0 Å². The van der Waals surface area contributed by atoms with E-state index >= 15 is 0 Å². The van der Waals surface area contributed by atoms with Gasteiger partial charge in [-0.3, -0.25) is 0 Å². The maximum atomic E-state index is 6.29. The highest BCUT2D eigenvalue weighted by molar-refractivity contribution is 6.04. The molecule has 0 bridgehead atoms. The van der Waals surface area contributed by atoms with Crippen LogP contribution >= 0.6 is 0 Å². The summed E-state index contributed by atoms with van der Waals surface area (Å²) in [6.45, 7) is 0. The Morgan fingerprint density at radius 3 is 2.33 bits per heavy atom. The van der Waals surface area contributed by atoms with Crippen molar-refractivity contribution in [1.29, 1.82) is 0 Å². The van der Waals surface area contributed by atoms with Crippen molar-refractivity contribution in [3.63, 3.8) is 0 Å². The van der Waals surface area contributed by atoms with E-state index in [0.717, 1.165) is 28.4 Å². The molecule has 4 rings (SSSR count). The maximum Gasteiger partial charge on any atom is 0.343 e. The van der Waals surface area contributed by atoms with Crippen molar-refractivity contribution in [2.75, 3.05) is 0 Å². The van der Waals surface area contributed by atoms with Gasteiger partial charge in [-0.15, -0.1) is 4.58 Å². The molecule has 0 saturated heterocycles. The van der Waals surface area contributed by atoms with Gasteiger partial charge in [0.05, 0.1) is 5.56 Å². The third-order valence-corrected chi connectivity index (χ3v) is 4.00. The van der Waals surface area contributed by atoms with Crippen molar-refractivity contribution in [2.45, 2.75) is 6.10 Å². The highest BCUT2D eigenvalue weighted by Crippen LogP contribution is 2.36. The lowest BCUT2D eigenvalue weighted by atomic mass is 10.0. The summed E-state index contributed by atoms with van der Waals surface area (Å²) < 4.78 is 8.06. The first-order valence-electron chi connectivity index (χ1n) is 7.74. The number of aromatic nitrogens is 1. The fourth-order valence-corrected chi connectivity index (χ4v) is 2.95. The molecule has 2 aromatic carbocycles. The predicted molar refractivity (Wildman–Crippen MR) is 93.4 cm³/mol. The van der Waals surface area contributed by atoms with Crippen molar-refractivity contribution in [1.82, 2.24) is 4.98 Å². The van der Waals surface area contributed by atoms with E-state index in [9.17, 15) is 0 Å². The average Bonchev–Trinajstić information content (AvgIpc) is 2.97. The van der Waals surface area contributed by atoms with E-state index in [1.165, 1.54) is 0 Å². The Balaban J connectivity index is 1.88. The third-order valence-electron chi connectivity index (χ3n) is 4.00. The SMILES string of the molecule is C#C[N+]1=C(c2ccccc2)C(Oc2ccccc2)c2cccnc21. The number of pyridine rings is 1. The minimum atomic E-state index is -0.297. The van der Waals surface area contributed by atoms with E-state index in [1.807, 2.05) is 72.8 Å². The van der Waals surface area contributed by atoms with Gasteiger partial charge in [-0.1, -0.05) is 55.0 Å². The van der Waals surface area contributed by atoms with Crippen molar-refractivity contribution < 1.29 is 9.31 Å². The molecule has 24 heavy (non-hydrogen) atoms. The molecule has 1 aliphatic heterocycles. The van der Waals surface area contributed by atoms with Crippen LogP contribution in [0.3, 0.4) is 0 Å². The summed E-state index contributed by atoms with van der Waals surface area (Å²) in [5.41, 5.74) is 2.91.